The summed E-state index contributed by atoms with van der Waals surface area (Å²) in [4.78, 5) is 27.2. The summed E-state index contributed by atoms with van der Waals surface area (Å²) in [7, 11) is -4.01. The Morgan fingerprint density at radius 3 is 2.42 bits per heavy atom. The zero-order chi connectivity index (χ0) is 28.5. The molecule has 212 valence electrons. The Hall–Kier alpha value is -3.69. The molecule has 1 amide bonds. The van der Waals surface area contributed by atoms with Gasteiger partial charge in [0.15, 0.2) is 0 Å². The Balaban J connectivity index is 1.60. The summed E-state index contributed by atoms with van der Waals surface area (Å²) >= 11 is 0. The van der Waals surface area contributed by atoms with E-state index in [9.17, 15) is 18.0 Å². The van der Waals surface area contributed by atoms with E-state index in [4.69, 9.17) is 4.74 Å². The van der Waals surface area contributed by atoms with Gasteiger partial charge < -0.3 is 15.0 Å². The van der Waals surface area contributed by atoms with Crippen LogP contribution in [0.25, 0.3) is 0 Å². The van der Waals surface area contributed by atoms with Crippen molar-refractivity contribution in [2.45, 2.75) is 50.5 Å². The third-order valence-electron chi connectivity index (χ3n) is 7.03. The molecule has 8 nitrogen and oxygen atoms in total. The molecule has 0 bridgehead atoms. The lowest BCUT2D eigenvalue weighted by molar-refractivity contribution is -0.148. The molecule has 0 aromatic heterocycles. The van der Waals surface area contributed by atoms with Gasteiger partial charge in [-0.15, -0.1) is 0 Å². The van der Waals surface area contributed by atoms with E-state index in [-0.39, 0.29) is 29.1 Å². The molecule has 40 heavy (non-hydrogen) atoms. The van der Waals surface area contributed by atoms with Gasteiger partial charge in [0.1, 0.15) is 4.90 Å². The molecule has 0 unspecified atom stereocenters. The van der Waals surface area contributed by atoms with Crippen LogP contribution in [0.4, 0.5) is 11.4 Å². The Morgan fingerprint density at radius 2 is 1.73 bits per heavy atom. The van der Waals surface area contributed by atoms with E-state index >= 15 is 0 Å². The molecule has 1 aliphatic heterocycles. The molecule has 0 spiro atoms. The topological polar surface area (TPSA) is 105 Å². The van der Waals surface area contributed by atoms with E-state index < -0.39 is 16.1 Å². The van der Waals surface area contributed by atoms with Gasteiger partial charge in [0, 0.05) is 31.2 Å². The average Bonchev–Trinajstić information content (AvgIpc) is 2.97. The van der Waals surface area contributed by atoms with E-state index in [0.29, 0.717) is 43.9 Å². The summed E-state index contributed by atoms with van der Waals surface area (Å²) in [6, 6.07) is 23.5. The molecule has 2 N–H and O–H groups in total. The number of hydrogen-bond acceptors (Lipinski definition) is 6. The largest absolute Gasteiger partial charge is 0.466 e. The van der Waals surface area contributed by atoms with Gasteiger partial charge in [0.05, 0.1) is 18.2 Å². The van der Waals surface area contributed by atoms with Crippen LogP contribution in [0.3, 0.4) is 0 Å². The molecule has 1 fully saturated rings. The first-order valence-corrected chi connectivity index (χ1v) is 15.2. The monoisotopic (exact) mass is 563 g/mol. The van der Waals surface area contributed by atoms with Gasteiger partial charge in [-0.1, -0.05) is 60.7 Å². The number of aryl methyl sites for hydroxylation is 1. The van der Waals surface area contributed by atoms with Crippen molar-refractivity contribution in [1.29, 1.82) is 0 Å². The van der Waals surface area contributed by atoms with Crippen molar-refractivity contribution in [3.8, 4) is 0 Å². The molecule has 3 aromatic rings. The number of benzene rings is 3. The van der Waals surface area contributed by atoms with Crippen molar-refractivity contribution in [3.63, 3.8) is 0 Å². The molecule has 1 heterocycles. The first kappa shape index (κ1) is 29.3. The second-order valence-electron chi connectivity index (χ2n) is 10.0. The van der Waals surface area contributed by atoms with Gasteiger partial charge in [-0.3, -0.25) is 9.59 Å². The molecule has 1 aliphatic rings. The van der Waals surface area contributed by atoms with E-state index in [2.05, 4.69) is 10.0 Å². The highest BCUT2D eigenvalue weighted by molar-refractivity contribution is 7.89. The molecule has 9 heteroatoms. The smallest absolute Gasteiger partial charge is 0.310 e. The van der Waals surface area contributed by atoms with Crippen LogP contribution in [0.1, 0.15) is 50.3 Å². The molecule has 0 saturated carbocycles. The van der Waals surface area contributed by atoms with Crippen molar-refractivity contribution in [2.24, 2.45) is 5.92 Å². The Kier molecular flexibility index (Phi) is 9.95. The van der Waals surface area contributed by atoms with Crippen LogP contribution in [-0.4, -0.2) is 40.0 Å². The van der Waals surface area contributed by atoms with E-state index in [1.165, 1.54) is 6.07 Å². The molecular formula is C31H37N3O5S. The minimum atomic E-state index is -4.01. The summed E-state index contributed by atoms with van der Waals surface area (Å²) in [6.07, 6.45) is 2.27. The highest BCUT2D eigenvalue weighted by atomic mass is 32.2. The number of carbonyl (C=O) groups is 2. The van der Waals surface area contributed by atoms with Gasteiger partial charge in [0.2, 0.25) is 15.9 Å². The van der Waals surface area contributed by atoms with E-state index in [1.54, 1.807) is 26.0 Å². The van der Waals surface area contributed by atoms with Crippen molar-refractivity contribution >= 4 is 33.3 Å². The Bertz CT molecular complexity index is 1400. The van der Waals surface area contributed by atoms with Crippen LogP contribution >= 0.6 is 0 Å². The number of anilines is 2. The molecule has 3 aromatic carbocycles. The summed E-state index contributed by atoms with van der Waals surface area (Å²) in [5.41, 5.74) is 2.77. The zero-order valence-electron chi connectivity index (χ0n) is 23.0. The van der Waals surface area contributed by atoms with E-state index in [0.717, 1.165) is 17.5 Å². The number of nitrogens with zero attached hydrogens (tertiary/aromatic N) is 1. The SMILES string of the molecule is CCOC(=O)[C@H]1CCCN(c2ccc(NC(=O)CCc3ccccc3)cc2S(=O)(=O)N[C@@H](C)c2ccccc2)C1. The predicted molar refractivity (Wildman–Crippen MR) is 157 cm³/mol. The standard InChI is InChI=1S/C31H37N3O5S/c1-3-39-31(36)26-15-10-20-34(22-26)28-18-17-27(32-30(35)19-16-24-11-6-4-7-12-24)21-29(28)40(37,38)33-23(2)25-13-8-5-9-14-25/h4-9,11-14,17-18,21,23,26,33H,3,10,15-16,19-20,22H2,1-2H3,(H,32,35)/t23-,26-/m0/s1. The quantitative estimate of drug-likeness (QED) is 0.316. The number of amides is 1. The number of piperidine rings is 1. The molecule has 0 aliphatic carbocycles. The van der Waals surface area contributed by atoms with Gasteiger partial charge in [-0.2, -0.15) is 0 Å². The first-order chi connectivity index (χ1) is 19.3. The summed E-state index contributed by atoms with van der Waals surface area (Å²) in [5, 5.41) is 2.86. The van der Waals surface area contributed by atoms with Crippen molar-refractivity contribution in [1.82, 2.24) is 4.72 Å². The van der Waals surface area contributed by atoms with Gasteiger partial charge in [-0.25, -0.2) is 13.1 Å². The minimum absolute atomic E-state index is 0.0562. The number of ether oxygens (including phenoxy) is 1. The molecular weight excluding hydrogens is 526 g/mol. The second-order valence-corrected chi connectivity index (χ2v) is 11.7. The van der Waals surface area contributed by atoms with Crippen LogP contribution in [0.2, 0.25) is 0 Å². The van der Waals surface area contributed by atoms with Crippen LogP contribution in [0, 0.1) is 5.92 Å². The molecule has 1 saturated heterocycles. The number of esters is 1. The third kappa shape index (κ3) is 7.70. The minimum Gasteiger partial charge on any atom is -0.466 e. The maximum atomic E-state index is 13.8. The normalized spacial score (nSPS) is 16.2. The predicted octanol–water partition coefficient (Wildman–Crippen LogP) is 5.08. The average molecular weight is 564 g/mol. The lowest BCUT2D eigenvalue weighted by atomic mass is 9.97. The van der Waals surface area contributed by atoms with Crippen LogP contribution < -0.4 is 14.9 Å². The zero-order valence-corrected chi connectivity index (χ0v) is 23.8. The third-order valence-corrected chi connectivity index (χ3v) is 8.60. The highest BCUT2D eigenvalue weighted by Crippen LogP contribution is 2.33. The fraction of sp³-hybridized carbons (Fsp3) is 0.355. The van der Waals surface area contributed by atoms with Gasteiger partial charge in [0.25, 0.3) is 0 Å². The number of nitrogens with one attached hydrogen (secondary N) is 2. The number of rotatable bonds is 11. The highest BCUT2D eigenvalue weighted by Gasteiger charge is 2.31. The van der Waals surface area contributed by atoms with Crippen LogP contribution in [0.15, 0.2) is 83.8 Å². The first-order valence-electron chi connectivity index (χ1n) is 13.7. The van der Waals surface area contributed by atoms with Crippen LogP contribution in [0.5, 0.6) is 0 Å². The summed E-state index contributed by atoms with van der Waals surface area (Å²) in [6.45, 7) is 4.83. The van der Waals surface area contributed by atoms with Crippen molar-refractivity contribution < 1.29 is 22.7 Å². The number of sulfonamides is 1. The summed E-state index contributed by atoms with van der Waals surface area (Å²) < 4.78 is 35.6. The fourth-order valence-corrected chi connectivity index (χ4v) is 6.43. The van der Waals surface area contributed by atoms with Gasteiger partial charge in [-0.05, 0) is 62.4 Å². The number of carbonyl (C=O) groups excluding carboxylic acids is 2. The molecule has 2 atom stereocenters. The fourth-order valence-electron chi connectivity index (χ4n) is 4.95. The molecule has 4 rings (SSSR count). The number of hydrogen-bond donors (Lipinski definition) is 2. The molecule has 0 radical (unpaired) electrons. The van der Waals surface area contributed by atoms with E-state index in [1.807, 2.05) is 65.6 Å². The van der Waals surface area contributed by atoms with Crippen molar-refractivity contribution in [2.75, 3.05) is 29.9 Å². The Labute approximate surface area is 236 Å². The second kappa shape index (κ2) is 13.6. The van der Waals surface area contributed by atoms with Gasteiger partial charge >= 0.3 is 5.97 Å². The van der Waals surface area contributed by atoms with Crippen LogP contribution in [-0.2, 0) is 30.8 Å². The maximum absolute atomic E-state index is 13.8. The summed E-state index contributed by atoms with van der Waals surface area (Å²) in [5.74, 6) is -0.807. The Morgan fingerprint density at radius 1 is 1.02 bits per heavy atom. The lowest BCUT2D eigenvalue weighted by Gasteiger charge is -2.34. The maximum Gasteiger partial charge on any atom is 0.310 e. The van der Waals surface area contributed by atoms with Crippen molar-refractivity contribution in [3.05, 3.63) is 90.0 Å². The lowest BCUT2D eigenvalue weighted by Crippen LogP contribution is -2.40.